The van der Waals surface area contributed by atoms with E-state index in [4.69, 9.17) is 24.1 Å². The molecule has 2 aromatic carbocycles. The van der Waals surface area contributed by atoms with E-state index in [0.29, 0.717) is 73.3 Å². The van der Waals surface area contributed by atoms with Gasteiger partial charge in [0.25, 0.3) is 0 Å². The van der Waals surface area contributed by atoms with Gasteiger partial charge in [0.05, 0.1) is 43.7 Å². The van der Waals surface area contributed by atoms with Crippen LogP contribution in [0.5, 0.6) is 23.0 Å². The van der Waals surface area contributed by atoms with Gasteiger partial charge >= 0.3 is 11.9 Å². The van der Waals surface area contributed by atoms with Crippen LogP contribution >= 0.6 is 15.9 Å². The lowest BCUT2D eigenvalue weighted by Crippen LogP contribution is -2.28. The quantitative estimate of drug-likeness (QED) is 0.271. The maximum atomic E-state index is 12.8. The first kappa shape index (κ1) is 33.9. The second-order valence-corrected chi connectivity index (χ2v) is 12.3. The van der Waals surface area contributed by atoms with Gasteiger partial charge in [0, 0.05) is 51.0 Å². The van der Waals surface area contributed by atoms with Gasteiger partial charge in [-0.1, -0.05) is 13.8 Å². The van der Waals surface area contributed by atoms with Crippen molar-refractivity contribution in [1.82, 2.24) is 9.80 Å². The smallest absolute Gasteiger partial charge is 0.306 e. The molecule has 45 heavy (non-hydrogen) atoms. The number of methoxy groups -OCH3 is 2. The highest BCUT2D eigenvalue weighted by Gasteiger charge is 2.33. The highest BCUT2D eigenvalue weighted by atomic mass is 79.9. The van der Waals surface area contributed by atoms with E-state index in [1.54, 1.807) is 24.0 Å². The number of hydrogen-bond acceptors (Lipinski definition) is 8. The zero-order valence-electron chi connectivity index (χ0n) is 26.1. The molecular weight excluding hydrogens is 652 g/mol. The minimum absolute atomic E-state index is 0.0582. The molecule has 0 bridgehead atoms. The molecule has 0 spiro atoms. The summed E-state index contributed by atoms with van der Waals surface area (Å²) in [5.41, 5.74) is 4.56. The molecule has 2 aliphatic rings. The van der Waals surface area contributed by atoms with Crippen LogP contribution in [0.3, 0.4) is 0 Å². The summed E-state index contributed by atoms with van der Waals surface area (Å²) in [6.07, 6.45) is 0.405. The lowest BCUT2D eigenvalue weighted by molar-refractivity contribution is -0.145. The average Bonchev–Trinajstić information content (AvgIpc) is 3.64. The summed E-state index contributed by atoms with van der Waals surface area (Å²) in [6.45, 7) is 7.06. The summed E-state index contributed by atoms with van der Waals surface area (Å²) >= 11 is 3.63. The number of rotatable bonds is 14. The van der Waals surface area contributed by atoms with Gasteiger partial charge in [-0.2, -0.15) is 0 Å². The molecule has 0 fully saturated rings. The van der Waals surface area contributed by atoms with Crippen LogP contribution in [-0.4, -0.2) is 71.2 Å². The van der Waals surface area contributed by atoms with Crippen molar-refractivity contribution in [3.05, 3.63) is 44.4 Å². The lowest BCUT2D eigenvalue weighted by Gasteiger charge is -2.18. The first-order chi connectivity index (χ1) is 21.4. The number of nitrogens with zero attached hydrogens (tertiary/aromatic N) is 2. The van der Waals surface area contributed by atoms with Gasteiger partial charge < -0.3 is 39.0 Å². The zero-order chi connectivity index (χ0) is 33.0. The number of aliphatic carboxylic acids is 2. The Morgan fingerprint density at radius 1 is 0.778 bits per heavy atom. The molecule has 0 aromatic heterocycles. The fraction of sp³-hybridized carbons (Fsp3) is 0.500. The molecular formula is C32H39BrN2O10. The van der Waals surface area contributed by atoms with E-state index in [2.05, 4.69) is 15.9 Å². The minimum atomic E-state index is -1.00. The van der Waals surface area contributed by atoms with E-state index >= 15 is 0 Å². The second kappa shape index (κ2) is 14.4. The molecule has 2 amide bonds. The Kier molecular flexibility index (Phi) is 10.8. The molecule has 13 heteroatoms. The summed E-state index contributed by atoms with van der Waals surface area (Å²) in [4.78, 5) is 51.1. The van der Waals surface area contributed by atoms with Gasteiger partial charge in [0.1, 0.15) is 0 Å². The number of fused-ring (bicyclic) bond motifs is 2. The maximum absolute atomic E-state index is 12.8. The van der Waals surface area contributed by atoms with Gasteiger partial charge in [-0.25, -0.2) is 0 Å². The number of hydrogen-bond donors (Lipinski definition) is 2. The third-order valence-electron chi connectivity index (χ3n) is 8.24. The molecule has 2 unspecified atom stereocenters. The third kappa shape index (κ3) is 7.46. The van der Waals surface area contributed by atoms with E-state index in [-0.39, 0.29) is 24.7 Å². The molecule has 0 radical (unpaired) electrons. The van der Waals surface area contributed by atoms with E-state index < -0.39 is 23.8 Å². The predicted octanol–water partition coefficient (Wildman–Crippen LogP) is 4.53. The van der Waals surface area contributed by atoms with Crippen molar-refractivity contribution in [3.63, 3.8) is 0 Å². The monoisotopic (exact) mass is 690 g/mol. The number of carboxylic acid groups (broad SMARTS) is 2. The molecule has 4 rings (SSSR count). The Labute approximate surface area is 270 Å². The second-order valence-electron chi connectivity index (χ2n) is 11.5. The highest BCUT2D eigenvalue weighted by Crippen LogP contribution is 2.46. The number of amides is 2. The van der Waals surface area contributed by atoms with Crippen LogP contribution in [0.4, 0.5) is 0 Å². The van der Waals surface area contributed by atoms with Crippen molar-refractivity contribution in [1.29, 1.82) is 0 Å². The first-order valence-corrected chi connectivity index (χ1v) is 15.5. The van der Waals surface area contributed by atoms with Crippen LogP contribution in [0.1, 0.15) is 60.9 Å². The molecule has 0 saturated carbocycles. The fourth-order valence-corrected chi connectivity index (χ4v) is 6.18. The van der Waals surface area contributed by atoms with Gasteiger partial charge in [0.15, 0.2) is 23.0 Å². The van der Waals surface area contributed by atoms with Crippen molar-refractivity contribution in [3.8, 4) is 23.0 Å². The molecule has 0 saturated heterocycles. The molecule has 2 aliphatic heterocycles. The van der Waals surface area contributed by atoms with Crippen molar-refractivity contribution < 1.29 is 48.3 Å². The number of halogens is 1. The van der Waals surface area contributed by atoms with E-state index in [9.17, 15) is 24.3 Å². The molecule has 12 nitrogen and oxygen atoms in total. The van der Waals surface area contributed by atoms with Crippen LogP contribution in [-0.2, 0) is 45.4 Å². The zero-order valence-corrected chi connectivity index (χ0v) is 27.7. The Balaban J connectivity index is 1.36. The molecule has 2 aromatic rings. The summed E-state index contributed by atoms with van der Waals surface area (Å²) in [5, 5.41) is 18.3. The first-order valence-electron chi connectivity index (χ1n) is 14.7. The number of ether oxygens (including phenoxy) is 4. The van der Waals surface area contributed by atoms with Gasteiger partial charge in [-0.3, -0.25) is 19.2 Å². The highest BCUT2D eigenvalue weighted by molar-refractivity contribution is 9.10. The predicted molar refractivity (Wildman–Crippen MR) is 165 cm³/mol. The standard InChI is InChI=1S/C32H39BrN2O10/c1-17(31(38)39)9-26(36)34-13-20-11-24(42-4)25(12-21(20)14-34)44-7-6-8-45-29-19(3)22-15-35(27(37)10-18(2)32(40)41)16-23(22)28(33)30(29)43-5/h11-12,17-18H,6-10,13-16H2,1-5H3,(H,38,39)(H,40,41). The van der Waals surface area contributed by atoms with Crippen molar-refractivity contribution >= 4 is 39.7 Å². The Bertz CT molecular complexity index is 1490. The molecule has 2 atom stereocenters. The van der Waals surface area contributed by atoms with Crippen molar-refractivity contribution in [2.75, 3.05) is 27.4 Å². The summed E-state index contributed by atoms with van der Waals surface area (Å²) < 4.78 is 24.1. The number of benzene rings is 2. The Morgan fingerprint density at radius 3 is 1.82 bits per heavy atom. The maximum Gasteiger partial charge on any atom is 0.306 e. The van der Waals surface area contributed by atoms with Crippen molar-refractivity contribution in [2.24, 2.45) is 11.8 Å². The Hall–Kier alpha value is -4.00. The third-order valence-corrected chi connectivity index (χ3v) is 9.08. The SMILES string of the molecule is COc1cc2c(cc1OCCCOc1c(C)c3c(c(Br)c1OC)CN(C(=O)CC(C)C(=O)O)C3)CN(C(=O)CC(C)C(=O)O)C2. The van der Waals surface area contributed by atoms with Gasteiger partial charge in [-0.05, 0) is 57.2 Å². The van der Waals surface area contributed by atoms with Gasteiger partial charge in [0.2, 0.25) is 11.8 Å². The normalized spacial score (nSPS) is 14.8. The van der Waals surface area contributed by atoms with Crippen LogP contribution in [0.25, 0.3) is 0 Å². The topological polar surface area (TPSA) is 152 Å². The molecule has 2 heterocycles. The molecule has 244 valence electrons. The minimum Gasteiger partial charge on any atom is -0.493 e. The van der Waals surface area contributed by atoms with Crippen LogP contribution < -0.4 is 18.9 Å². The molecule has 0 aliphatic carbocycles. The van der Waals surface area contributed by atoms with E-state index in [0.717, 1.165) is 27.8 Å². The Morgan fingerprint density at radius 2 is 1.29 bits per heavy atom. The number of carbonyl (C=O) groups is 4. The number of carboxylic acids is 2. The largest absolute Gasteiger partial charge is 0.493 e. The van der Waals surface area contributed by atoms with Crippen molar-refractivity contribution in [2.45, 2.75) is 66.2 Å². The van der Waals surface area contributed by atoms with Gasteiger partial charge in [-0.15, -0.1) is 0 Å². The summed E-state index contributed by atoms with van der Waals surface area (Å²) in [5.74, 6) is -1.78. The summed E-state index contributed by atoms with van der Waals surface area (Å²) in [7, 11) is 3.10. The van der Waals surface area contributed by atoms with E-state index in [1.807, 2.05) is 19.1 Å². The average molecular weight is 692 g/mol. The number of carbonyl (C=O) groups excluding carboxylic acids is 2. The molecule has 2 N–H and O–H groups in total. The lowest BCUT2D eigenvalue weighted by atomic mass is 10.0. The van der Waals surface area contributed by atoms with Crippen LogP contribution in [0.2, 0.25) is 0 Å². The van der Waals surface area contributed by atoms with Crippen LogP contribution in [0, 0.1) is 18.8 Å². The van der Waals surface area contributed by atoms with Crippen LogP contribution in [0.15, 0.2) is 16.6 Å². The fourth-order valence-electron chi connectivity index (χ4n) is 5.48. The van der Waals surface area contributed by atoms with E-state index in [1.165, 1.54) is 13.8 Å². The summed E-state index contributed by atoms with van der Waals surface area (Å²) in [6, 6.07) is 3.71.